The molecule has 2 heterocycles. The maximum atomic E-state index is 12.9. The van der Waals surface area contributed by atoms with Gasteiger partial charge in [0.25, 0.3) is 0 Å². The van der Waals surface area contributed by atoms with Crippen LogP contribution in [0.2, 0.25) is 0 Å². The van der Waals surface area contributed by atoms with Crippen LogP contribution in [-0.4, -0.2) is 38.8 Å². The normalized spacial score (nSPS) is 22.0. The number of fused-ring (bicyclic) bond motifs is 1. The summed E-state index contributed by atoms with van der Waals surface area (Å²) < 4.78 is 27.3. The van der Waals surface area contributed by atoms with Gasteiger partial charge in [-0.15, -0.1) is 0 Å². The molecule has 0 aromatic heterocycles. The number of nitrogens with zero attached hydrogens (tertiary/aromatic N) is 2. The Hall–Kier alpha value is -1.40. The maximum Gasteiger partial charge on any atom is 0.243 e. The van der Waals surface area contributed by atoms with E-state index in [9.17, 15) is 13.2 Å². The van der Waals surface area contributed by atoms with Crippen molar-refractivity contribution in [3.05, 3.63) is 23.8 Å². The molecule has 0 atom stereocenters. The molecule has 0 spiro atoms. The number of hydrogen-bond acceptors (Lipinski definition) is 3. The molecule has 1 amide bonds. The van der Waals surface area contributed by atoms with E-state index in [1.54, 1.807) is 34.5 Å². The molecule has 5 nitrogen and oxygen atoms in total. The minimum absolute atomic E-state index is 0.0640. The highest BCUT2D eigenvalue weighted by molar-refractivity contribution is 7.89. The van der Waals surface area contributed by atoms with E-state index in [0.717, 1.165) is 30.5 Å². The smallest absolute Gasteiger partial charge is 0.243 e. The Balaban J connectivity index is 2.05. The van der Waals surface area contributed by atoms with Gasteiger partial charge in [0.05, 0.1) is 4.90 Å². The fourth-order valence-electron chi connectivity index (χ4n) is 3.49. The van der Waals surface area contributed by atoms with Crippen molar-refractivity contribution in [1.29, 1.82) is 0 Å². The Morgan fingerprint density at radius 1 is 1.09 bits per heavy atom. The quantitative estimate of drug-likeness (QED) is 0.834. The molecule has 0 N–H and O–H groups in total. The summed E-state index contributed by atoms with van der Waals surface area (Å²) in [6.07, 6.45) is 3.33. The molecule has 0 bridgehead atoms. The zero-order valence-corrected chi connectivity index (χ0v) is 14.8. The topological polar surface area (TPSA) is 57.7 Å². The number of hydrogen-bond donors (Lipinski definition) is 0. The first-order valence-electron chi connectivity index (χ1n) is 8.15. The van der Waals surface area contributed by atoms with Crippen molar-refractivity contribution >= 4 is 21.6 Å². The lowest BCUT2D eigenvalue weighted by Gasteiger charge is -2.37. The molecule has 0 saturated carbocycles. The lowest BCUT2D eigenvalue weighted by molar-refractivity contribution is -0.119. The van der Waals surface area contributed by atoms with Gasteiger partial charge in [-0.3, -0.25) is 4.79 Å². The van der Waals surface area contributed by atoms with Crippen molar-refractivity contribution < 1.29 is 13.2 Å². The number of piperidine rings is 1. The number of sulfonamides is 1. The van der Waals surface area contributed by atoms with Gasteiger partial charge >= 0.3 is 0 Å². The molecule has 3 rings (SSSR count). The van der Waals surface area contributed by atoms with E-state index in [-0.39, 0.29) is 11.3 Å². The van der Waals surface area contributed by atoms with E-state index in [0.29, 0.717) is 24.4 Å². The lowest BCUT2D eigenvalue weighted by Crippen LogP contribution is -2.40. The summed E-state index contributed by atoms with van der Waals surface area (Å²) >= 11 is 0. The summed E-state index contributed by atoms with van der Waals surface area (Å²) in [5.41, 5.74) is 1.38. The van der Waals surface area contributed by atoms with Crippen molar-refractivity contribution in [3.63, 3.8) is 0 Å². The third kappa shape index (κ3) is 2.78. The summed E-state index contributed by atoms with van der Waals surface area (Å²) in [4.78, 5) is 14.1. The second-order valence-electron chi connectivity index (χ2n) is 7.16. The van der Waals surface area contributed by atoms with Gasteiger partial charge in [0, 0.05) is 37.7 Å². The summed E-state index contributed by atoms with van der Waals surface area (Å²) in [7, 11) is -1.70. The maximum absolute atomic E-state index is 12.9. The number of rotatable bonds is 2. The van der Waals surface area contributed by atoms with E-state index in [1.807, 2.05) is 13.8 Å². The van der Waals surface area contributed by atoms with Gasteiger partial charge in [-0.25, -0.2) is 8.42 Å². The van der Waals surface area contributed by atoms with E-state index >= 15 is 0 Å². The molecule has 23 heavy (non-hydrogen) atoms. The van der Waals surface area contributed by atoms with Crippen LogP contribution in [0.1, 0.15) is 45.1 Å². The fourth-order valence-corrected chi connectivity index (χ4v) is 5.03. The Labute approximate surface area is 138 Å². The van der Waals surface area contributed by atoms with Crippen LogP contribution in [0.25, 0.3) is 0 Å². The van der Waals surface area contributed by atoms with Crippen LogP contribution in [-0.2, 0) is 20.2 Å². The highest BCUT2D eigenvalue weighted by atomic mass is 32.2. The number of amides is 1. The lowest BCUT2D eigenvalue weighted by atomic mass is 9.77. The molecule has 126 valence electrons. The first-order chi connectivity index (χ1) is 10.7. The first-order valence-corrected chi connectivity index (χ1v) is 9.59. The van der Waals surface area contributed by atoms with Crippen LogP contribution >= 0.6 is 0 Å². The van der Waals surface area contributed by atoms with Crippen molar-refractivity contribution in [2.24, 2.45) is 0 Å². The zero-order valence-electron chi connectivity index (χ0n) is 14.0. The van der Waals surface area contributed by atoms with Crippen LogP contribution < -0.4 is 4.90 Å². The Morgan fingerprint density at radius 3 is 2.39 bits per heavy atom. The molecule has 6 heteroatoms. The van der Waals surface area contributed by atoms with Crippen LogP contribution in [0.3, 0.4) is 0 Å². The van der Waals surface area contributed by atoms with Gasteiger partial charge in [0.2, 0.25) is 15.9 Å². The fraction of sp³-hybridized carbons (Fsp3) is 0.588. The monoisotopic (exact) mass is 336 g/mol. The van der Waals surface area contributed by atoms with Gasteiger partial charge in [-0.2, -0.15) is 4.31 Å². The van der Waals surface area contributed by atoms with Gasteiger partial charge < -0.3 is 4.90 Å². The molecule has 1 aromatic rings. The first kappa shape index (κ1) is 16.5. The van der Waals surface area contributed by atoms with E-state index in [4.69, 9.17) is 0 Å². The van der Waals surface area contributed by atoms with Crippen molar-refractivity contribution in [2.45, 2.75) is 49.8 Å². The van der Waals surface area contributed by atoms with Crippen LogP contribution in [0.5, 0.6) is 0 Å². The summed E-state index contributed by atoms with van der Waals surface area (Å²) in [5.74, 6) is 0.0640. The molecule has 2 aliphatic rings. The second kappa shape index (κ2) is 5.60. The Kier molecular flexibility index (Phi) is 4.01. The van der Waals surface area contributed by atoms with Gasteiger partial charge in [0.15, 0.2) is 0 Å². The highest BCUT2D eigenvalue weighted by Gasteiger charge is 2.36. The molecule has 0 unspecified atom stereocenters. The molecule has 1 aromatic carbocycles. The van der Waals surface area contributed by atoms with Crippen molar-refractivity contribution in [2.75, 3.05) is 25.0 Å². The van der Waals surface area contributed by atoms with Gasteiger partial charge in [-0.05, 0) is 36.6 Å². The number of carbonyl (C=O) groups excluding carboxylic acids is 1. The third-order valence-electron chi connectivity index (χ3n) is 4.98. The number of carbonyl (C=O) groups is 1. The number of benzene rings is 1. The molecule has 0 radical (unpaired) electrons. The SMILES string of the molecule is CN1C(=O)CC(C)(C)c2cc(S(=O)(=O)N3CCCCC3)ccc21. The largest absolute Gasteiger partial charge is 0.315 e. The van der Waals surface area contributed by atoms with Crippen LogP contribution in [0, 0.1) is 0 Å². The van der Waals surface area contributed by atoms with E-state index < -0.39 is 10.0 Å². The summed E-state index contributed by atoms with van der Waals surface area (Å²) in [6, 6.07) is 5.17. The molecule has 1 saturated heterocycles. The van der Waals surface area contributed by atoms with Gasteiger partial charge in [-0.1, -0.05) is 20.3 Å². The van der Waals surface area contributed by atoms with Gasteiger partial charge in [0.1, 0.15) is 0 Å². The standard InChI is InChI=1S/C17H24N2O3S/c1-17(2)12-16(20)18(3)15-8-7-13(11-14(15)17)23(21,22)19-9-5-4-6-10-19/h7-8,11H,4-6,9-10,12H2,1-3H3. The van der Waals surface area contributed by atoms with Crippen LogP contribution in [0.15, 0.2) is 23.1 Å². The molecular weight excluding hydrogens is 312 g/mol. The Morgan fingerprint density at radius 2 is 1.74 bits per heavy atom. The highest BCUT2D eigenvalue weighted by Crippen LogP contribution is 2.41. The average molecular weight is 336 g/mol. The molecular formula is C17H24N2O3S. The summed E-state index contributed by atoms with van der Waals surface area (Å²) in [5, 5.41) is 0. The predicted molar refractivity (Wildman–Crippen MR) is 90.1 cm³/mol. The number of anilines is 1. The minimum Gasteiger partial charge on any atom is -0.315 e. The second-order valence-corrected chi connectivity index (χ2v) is 9.10. The Bertz CT molecular complexity index is 734. The summed E-state index contributed by atoms with van der Waals surface area (Å²) in [6.45, 7) is 5.18. The van der Waals surface area contributed by atoms with Crippen molar-refractivity contribution in [1.82, 2.24) is 4.31 Å². The van der Waals surface area contributed by atoms with E-state index in [1.165, 1.54) is 0 Å². The predicted octanol–water partition coefficient (Wildman–Crippen LogP) is 2.51. The average Bonchev–Trinajstić information content (AvgIpc) is 2.53. The molecule has 2 aliphatic heterocycles. The zero-order chi connectivity index (χ0) is 16.8. The van der Waals surface area contributed by atoms with Crippen molar-refractivity contribution in [3.8, 4) is 0 Å². The van der Waals surface area contributed by atoms with Crippen LogP contribution in [0.4, 0.5) is 5.69 Å². The van der Waals surface area contributed by atoms with E-state index in [2.05, 4.69) is 0 Å². The molecule has 0 aliphatic carbocycles. The minimum atomic E-state index is -3.45. The third-order valence-corrected chi connectivity index (χ3v) is 6.87. The molecule has 1 fully saturated rings.